The van der Waals surface area contributed by atoms with E-state index in [9.17, 15) is 8.78 Å². The summed E-state index contributed by atoms with van der Waals surface area (Å²) in [4.78, 5) is 0. The topological polar surface area (TPSA) is 46.2 Å². The largest absolute Gasteiger partial charge is 0.391 e. The summed E-state index contributed by atoms with van der Waals surface area (Å²) in [5.41, 5.74) is 5.39. The van der Waals surface area contributed by atoms with Crippen LogP contribution in [0.25, 0.3) is 6.08 Å². The molecule has 0 saturated carbocycles. The molecule has 0 heterocycles. The molecule has 0 amide bonds. The molecule has 0 aliphatic rings. The van der Waals surface area contributed by atoms with E-state index in [2.05, 4.69) is 0 Å². The lowest BCUT2D eigenvalue weighted by Gasteiger charge is -2.02. The van der Waals surface area contributed by atoms with E-state index in [0.717, 1.165) is 0 Å². The van der Waals surface area contributed by atoms with Crippen LogP contribution in [-0.2, 0) is 6.61 Å². The fraction of sp³-hybridized carbons (Fsp3) is 0.273. The zero-order valence-electron chi connectivity index (χ0n) is 8.21. The molecule has 1 rings (SSSR count). The van der Waals surface area contributed by atoms with Crippen LogP contribution in [0.4, 0.5) is 8.78 Å². The molecule has 4 heteroatoms. The lowest BCUT2D eigenvalue weighted by Crippen LogP contribution is -1.97. The molecule has 0 aliphatic carbocycles. The van der Waals surface area contributed by atoms with E-state index in [0.29, 0.717) is 18.5 Å². The highest BCUT2D eigenvalue weighted by atomic mass is 19.1. The molecule has 0 fully saturated rings. The van der Waals surface area contributed by atoms with Crippen molar-refractivity contribution in [1.82, 2.24) is 0 Å². The van der Waals surface area contributed by atoms with Crippen LogP contribution in [0.15, 0.2) is 18.2 Å². The number of benzene rings is 1. The van der Waals surface area contributed by atoms with Crippen LogP contribution in [0.3, 0.4) is 0 Å². The monoisotopic (exact) mass is 213 g/mol. The number of nitrogens with two attached hydrogens (primary N) is 1. The Labute approximate surface area is 87.0 Å². The van der Waals surface area contributed by atoms with Crippen LogP contribution in [0.1, 0.15) is 17.5 Å². The summed E-state index contributed by atoms with van der Waals surface area (Å²) >= 11 is 0. The van der Waals surface area contributed by atoms with Crippen molar-refractivity contribution in [3.8, 4) is 0 Å². The van der Waals surface area contributed by atoms with Gasteiger partial charge in [0.25, 0.3) is 0 Å². The zero-order chi connectivity index (χ0) is 11.3. The Hall–Kier alpha value is -1.26. The van der Waals surface area contributed by atoms with E-state index in [-0.39, 0.29) is 5.56 Å². The van der Waals surface area contributed by atoms with Crippen LogP contribution in [0, 0.1) is 11.6 Å². The molecule has 0 unspecified atom stereocenters. The molecule has 0 bridgehead atoms. The normalized spacial score (nSPS) is 11.2. The predicted molar refractivity (Wildman–Crippen MR) is 55.0 cm³/mol. The van der Waals surface area contributed by atoms with Crippen LogP contribution in [0.2, 0.25) is 0 Å². The lowest BCUT2D eigenvalue weighted by molar-refractivity contribution is 0.269. The van der Waals surface area contributed by atoms with Gasteiger partial charge >= 0.3 is 0 Å². The maximum absolute atomic E-state index is 13.2. The van der Waals surface area contributed by atoms with E-state index in [1.165, 1.54) is 12.1 Å². The first-order chi connectivity index (χ1) is 7.19. The Bertz CT molecular complexity index is 341. The van der Waals surface area contributed by atoms with Gasteiger partial charge in [0, 0.05) is 5.56 Å². The van der Waals surface area contributed by atoms with Gasteiger partial charge in [0.15, 0.2) is 0 Å². The molecular weight excluding hydrogens is 200 g/mol. The summed E-state index contributed by atoms with van der Waals surface area (Å²) in [6.07, 6.45) is 4.00. The third kappa shape index (κ3) is 3.11. The number of hydrogen-bond acceptors (Lipinski definition) is 2. The van der Waals surface area contributed by atoms with Gasteiger partial charge in [0.1, 0.15) is 11.6 Å². The van der Waals surface area contributed by atoms with Crippen molar-refractivity contribution >= 4 is 6.08 Å². The Balaban J connectivity index is 2.93. The van der Waals surface area contributed by atoms with Gasteiger partial charge < -0.3 is 10.8 Å². The number of rotatable bonds is 4. The first kappa shape index (κ1) is 11.8. The minimum absolute atomic E-state index is 0.300. The molecule has 0 spiro atoms. The van der Waals surface area contributed by atoms with Gasteiger partial charge in [-0.15, -0.1) is 0 Å². The van der Waals surface area contributed by atoms with Gasteiger partial charge in [0.2, 0.25) is 0 Å². The summed E-state index contributed by atoms with van der Waals surface area (Å²) in [6.45, 7) is -0.138. The second-order valence-electron chi connectivity index (χ2n) is 3.10. The second-order valence-corrected chi connectivity index (χ2v) is 3.10. The predicted octanol–water partition coefficient (Wildman–Crippen LogP) is 1.82. The first-order valence-electron chi connectivity index (χ1n) is 4.64. The molecule has 3 N–H and O–H groups in total. The highest BCUT2D eigenvalue weighted by Gasteiger charge is 2.08. The van der Waals surface area contributed by atoms with Crippen LogP contribution < -0.4 is 5.73 Å². The van der Waals surface area contributed by atoms with Crippen LogP contribution >= 0.6 is 0 Å². The third-order valence-corrected chi connectivity index (χ3v) is 1.97. The number of halogens is 2. The molecule has 0 aliphatic heterocycles. The Kier molecular flexibility index (Phi) is 4.39. The highest BCUT2D eigenvalue weighted by molar-refractivity contribution is 5.50. The first-order valence-corrected chi connectivity index (χ1v) is 4.64. The van der Waals surface area contributed by atoms with E-state index in [1.54, 1.807) is 12.2 Å². The van der Waals surface area contributed by atoms with Crippen molar-refractivity contribution in [3.05, 3.63) is 41.0 Å². The molecular formula is C11H13F2NO. The second kappa shape index (κ2) is 5.58. The molecule has 0 saturated heterocycles. The molecule has 15 heavy (non-hydrogen) atoms. The van der Waals surface area contributed by atoms with Crippen molar-refractivity contribution in [2.24, 2.45) is 5.73 Å². The minimum Gasteiger partial charge on any atom is -0.391 e. The smallest absolute Gasteiger partial charge is 0.132 e. The zero-order valence-corrected chi connectivity index (χ0v) is 8.21. The molecule has 82 valence electrons. The van der Waals surface area contributed by atoms with Crippen molar-refractivity contribution in [3.63, 3.8) is 0 Å². The van der Waals surface area contributed by atoms with E-state index in [1.807, 2.05) is 0 Å². The summed E-state index contributed by atoms with van der Waals surface area (Å²) in [7, 11) is 0. The quantitative estimate of drug-likeness (QED) is 0.801. The average molecular weight is 213 g/mol. The van der Waals surface area contributed by atoms with Gasteiger partial charge in [0.05, 0.1) is 6.61 Å². The maximum atomic E-state index is 13.2. The van der Waals surface area contributed by atoms with Gasteiger partial charge in [-0.25, -0.2) is 8.78 Å². The summed E-state index contributed by atoms with van der Waals surface area (Å²) in [5.74, 6) is -1.46. The Morgan fingerprint density at radius 1 is 1.27 bits per heavy atom. The molecule has 1 aromatic carbocycles. The molecule has 2 nitrogen and oxygen atoms in total. The average Bonchev–Trinajstić information content (AvgIpc) is 2.18. The van der Waals surface area contributed by atoms with Crippen LogP contribution in [0.5, 0.6) is 0 Å². The molecule has 1 aromatic rings. The number of hydrogen-bond donors (Lipinski definition) is 2. The fourth-order valence-corrected chi connectivity index (χ4v) is 1.19. The van der Waals surface area contributed by atoms with Gasteiger partial charge in [-0.2, -0.15) is 0 Å². The summed E-state index contributed by atoms with van der Waals surface area (Å²) in [5, 5.41) is 8.69. The molecule has 0 atom stereocenters. The van der Waals surface area contributed by atoms with Crippen molar-refractivity contribution in [2.75, 3.05) is 6.54 Å². The summed E-state index contributed by atoms with van der Waals surface area (Å²) < 4.78 is 26.3. The van der Waals surface area contributed by atoms with Gasteiger partial charge in [-0.05, 0) is 30.7 Å². The van der Waals surface area contributed by atoms with Gasteiger partial charge in [-0.3, -0.25) is 0 Å². The Morgan fingerprint density at radius 2 is 1.87 bits per heavy atom. The van der Waals surface area contributed by atoms with Crippen LogP contribution in [-0.4, -0.2) is 11.7 Å². The van der Waals surface area contributed by atoms with Crippen molar-refractivity contribution in [2.45, 2.75) is 13.0 Å². The minimum atomic E-state index is -0.732. The van der Waals surface area contributed by atoms with Crippen molar-refractivity contribution in [1.29, 1.82) is 0 Å². The maximum Gasteiger partial charge on any atom is 0.132 e. The van der Waals surface area contributed by atoms with E-state index < -0.39 is 18.2 Å². The number of aliphatic hydroxyl groups is 1. The lowest BCUT2D eigenvalue weighted by atomic mass is 10.1. The standard InChI is InChI=1S/C11H13F2NO/c12-10-5-8(3-1-2-4-14)6-11(13)9(10)7-15/h1,3,5-6,15H,2,4,7,14H2. The molecule has 0 aromatic heterocycles. The van der Waals surface area contributed by atoms with E-state index >= 15 is 0 Å². The van der Waals surface area contributed by atoms with E-state index in [4.69, 9.17) is 10.8 Å². The van der Waals surface area contributed by atoms with Gasteiger partial charge in [-0.1, -0.05) is 12.2 Å². The third-order valence-electron chi connectivity index (χ3n) is 1.97. The Morgan fingerprint density at radius 3 is 2.33 bits per heavy atom. The SMILES string of the molecule is NCCC=Cc1cc(F)c(CO)c(F)c1. The fourth-order valence-electron chi connectivity index (χ4n) is 1.19. The summed E-state index contributed by atoms with van der Waals surface area (Å²) in [6, 6.07) is 2.36. The van der Waals surface area contributed by atoms with Crippen molar-refractivity contribution < 1.29 is 13.9 Å². The highest BCUT2D eigenvalue weighted by Crippen LogP contribution is 2.16. The molecule has 0 radical (unpaired) electrons. The number of aliphatic hydroxyl groups excluding tert-OH is 1.